The van der Waals surface area contributed by atoms with Crippen LogP contribution in [0, 0.1) is 18.8 Å². The molecule has 2 aliphatic carbocycles. The molecule has 1 saturated heterocycles. The number of thiazole rings is 1. The second-order valence-corrected chi connectivity index (χ2v) is 8.78. The zero-order valence-corrected chi connectivity index (χ0v) is 15.3. The number of rotatable bonds is 4. The number of aromatic nitrogens is 1. The maximum Gasteiger partial charge on any atom is 0.228 e. The fourth-order valence-corrected chi connectivity index (χ4v) is 5.21. The Labute approximate surface area is 147 Å². The quantitative estimate of drug-likeness (QED) is 0.841. The summed E-state index contributed by atoms with van der Waals surface area (Å²) in [6.45, 7) is 3.50. The van der Waals surface area contributed by atoms with Crippen LogP contribution in [0.25, 0.3) is 0 Å². The summed E-state index contributed by atoms with van der Waals surface area (Å²) in [7, 11) is 1.91. The summed E-state index contributed by atoms with van der Waals surface area (Å²) in [6.07, 6.45) is 5.96. The molecule has 0 bridgehead atoms. The lowest BCUT2D eigenvalue weighted by Crippen LogP contribution is -2.38. The van der Waals surface area contributed by atoms with Gasteiger partial charge in [-0.05, 0) is 44.9 Å². The lowest BCUT2D eigenvalue weighted by Gasteiger charge is -2.32. The van der Waals surface area contributed by atoms with Gasteiger partial charge in [-0.25, -0.2) is 4.98 Å². The van der Waals surface area contributed by atoms with Crippen LogP contribution in [0.5, 0.6) is 0 Å². The van der Waals surface area contributed by atoms with Gasteiger partial charge in [-0.3, -0.25) is 9.59 Å². The maximum absolute atomic E-state index is 13.0. The van der Waals surface area contributed by atoms with E-state index in [4.69, 9.17) is 0 Å². The molecule has 2 amide bonds. The minimum atomic E-state index is -0.166. The number of likely N-dealkylation sites (tertiary alicyclic amines) is 1. The number of nitrogens with zero attached hydrogens (tertiary/aromatic N) is 3. The summed E-state index contributed by atoms with van der Waals surface area (Å²) in [5, 5.41) is 1.08. The molecule has 1 aromatic rings. The van der Waals surface area contributed by atoms with E-state index in [2.05, 4.69) is 4.98 Å². The number of carbonyl (C=O) groups is 2. The van der Waals surface area contributed by atoms with E-state index in [9.17, 15) is 9.59 Å². The number of aryl methyl sites for hydroxylation is 2. The molecule has 24 heavy (non-hydrogen) atoms. The van der Waals surface area contributed by atoms with Crippen LogP contribution in [0.4, 0.5) is 0 Å². The van der Waals surface area contributed by atoms with E-state index in [-0.39, 0.29) is 23.8 Å². The molecule has 1 saturated carbocycles. The van der Waals surface area contributed by atoms with E-state index < -0.39 is 0 Å². The Balaban J connectivity index is 1.45. The van der Waals surface area contributed by atoms with E-state index >= 15 is 0 Å². The summed E-state index contributed by atoms with van der Waals surface area (Å²) in [5.41, 5.74) is 1.17. The van der Waals surface area contributed by atoms with Crippen molar-refractivity contribution in [3.05, 3.63) is 15.6 Å². The predicted octanol–water partition coefficient (Wildman–Crippen LogP) is 2.55. The van der Waals surface area contributed by atoms with Gasteiger partial charge >= 0.3 is 0 Å². The second-order valence-electron chi connectivity index (χ2n) is 7.54. The Morgan fingerprint density at radius 1 is 1.38 bits per heavy atom. The average molecular weight is 347 g/mol. The van der Waals surface area contributed by atoms with Crippen molar-refractivity contribution in [1.82, 2.24) is 14.8 Å². The lowest BCUT2D eigenvalue weighted by molar-refractivity contribution is -0.137. The highest BCUT2D eigenvalue weighted by atomic mass is 32.1. The first-order chi connectivity index (χ1) is 11.5. The fourth-order valence-electron chi connectivity index (χ4n) is 4.06. The van der Waals surface area contributed by atoms with Crippen LogP contribution in [0.2, 0.25) is 0 Å². The van der Waals surface area contributed by atoms with Crippen molar-refractivity contribution in [2.45, 2.75) is 51.5 Å². The third-order valence-corrected chi connectivity index (χ3v) is 6.70. The van der Waals surface area contributed by atoms with Crippen molar-refractivity contribution in [2.24, 2.45) is 11.8 Å². The second kappa shape index (κ2) is 6.14. The standard InChI is InChI=1S/C18H25N3O2S/c1-11-19-14-4-3-5-15(17(14)24-11)20(2)18(23)13-8-16(22)21(10-13)9-12-6-7-12/h12-13,15H,3-10H2,1-2H3/t13-,15+/m1/s1. The molecule has 0 spiro atoms. The zero-order valence-electron chi connectivity index (χ0n) is 14.5. The van der Waals surface area contributed by atoms with Crippen molar-refractivity contribution >= 4 is 23.2 Å². The molecule has 1 aliphatic heterocycles. The smallest absolute Gasteiger partial charge is 0.228 e. The zero-order chi connectivity index (χ0) is 16.8. The summed E-state index contributed by atoms with van der Waals surface area (Å²) in [6, 6.07) is 0.139. The molecule has 0 unspecified atom stereocenters. The number of hydrogen-bond acceptors (Lipinski definition) is 4. The van der Waals surface area contributed by atoms with Gasteiger partial charge in [0.25, 0.3) is 0 Å². The van der Waals surface area contributed by atoms with Gasteiger partial charge in [0.1, 0.15) is 0 Å². The molecule has 0 N–H and O–H groups in total. The minimum Gasteiger partial charge on any atom is -0.342 e. The topological polar surface area (TPSA) is 53.5 Å². The first-order valence-electron chi connectivity index (χ1n) is 9.03. The molecule has 2 heterocycles. The van der Waals surface area contributed by atoms with Gasteiger partial charge in [0.2, 0.25) is 11.8 Å². The van der Waals surface area contributed by atoms with Gasteiger partial charge < -0.3 is 9.80 Å². The molecular weight excluding hydrogens is 322 g/mol. The average Bonchev–Trinajstić information content (AvgIpc) is 3.18. The van der Waals surface area contributed by atoms with Gasteiger partial charge in [0, 0.05) is 26.6 Å². The Bertz CT molecular complexity index is 667. The van der Waals surface area contributed by atoms with Crippen molar-refractivity contribution in [3.8, 4) is 0 Å². The van der Waals surface area contributed by atoms with Gasteiger partial charge in [-0.1, -0.05) is 0 Å². The number of carbonyl (C=O) groups excluding carboxylic acids is 2. The Kier molecular flexibility index (Phi) is 4.11. The Hall–Kier alpha value is -1.43. The first kappa shape index (κ1) is 16.1. The SMILES string of the molecule is Cc1nc2c(s1)[C@@H](N(C)C(=O)[C@@H]1CC(=O)N(CC3CC3)C1)CCC2. The van der Waals surface area contributed by atoms with Gasteiger partial charge in [-0.2, -0.15) is 0 Å². The summed E-state index contributed by atoms with van der Waals surface area (Å²) >= 11 is 1.72. The third-order valence-electron chi connectivity index (χ3n) is 5.58. The van der Waals surface area contributed by atoms with Gasteiger partial charge in [0.05, 0.1) is 27.5 Å². The highest BCUT2D eigenvalue weighted by molar-refractivity contribution is 7.11. The third kappa shape index (κ3) is 2.96. The Morgan fingerprint density at radius 2 is 2.17 bits per heavy atom. The highest BCUT2D eigenvalue weighted by Crippen LogP contribution is 2.38. The van der Waals surface area contributed by atoms with Crippen LogP contribution in [0.3, 0.4) is 0 Å². The molecular formula is C18H25N3O2S. The van der Waals surface area contributed by atoms with E-state index in [1.165, 1.54) is 23.4 Å². The Morgan fingerprint density at radius 3 is 2.92 bits per heavy atom. The molecule has 1 aromatic heterocycles. The molecule has 0 radical (unpaired) electrons. The molecule has 6 heteroatoms. The summed E-state index contributed by atoms with van der Waals surface area (Å²) in [4.78, 5) is 34.9. The highest BCUT2D eigenvalue weighted by Gasteiger charge is 2.40. The van der Waals surface area contributed by atoms with Crippen LogP contribution in [-0.2, 0) is 16.0 Å². The van der Waals surface area contributed by atoms with Crippen LogP contribution >= 0.6 is 11.3 Å². The van der Waals surface area contributed by atoms with Crippen molar-refractivity contribution in [3.63, 3.8) is 0 Å². The maximum atomic E-state index is 13.0. The first-order valence-corrected chi connectivity index (χ1v) is 9.85. The predicted molar refractivity (Wildman–Crippen MR) is 92.7 cm³/mol. The minimum absolute atomic E-state index is 0.130. The molecule has 4 rings (SSSR count). The number of amides is 2. The summed E-state index contributed by atoms with van der Waals surface area (Å²) in [5.74, 6) is 0.805. The van der Waals surface area contributed by atoms with E-state index in [1.807, 2.05) is 23.8 Å². The number of hydrogen-bond donors (Lipinski definition) is 0. The lowest BCUT2D eigenvalue weighted by atomic mass is 9.95. The normalized spacial score (nSPS) is 26.6. The molecule has 130 valence electrons. The fraction of sp³-hybridized carbons (Fsp3) is 0.722. The monoisotopic (exact) mass is 347 g/mol. The van der Waals surface area contributed by atoms with E-state index in [0.717, 1.165) is 30.8 Å². The number of fused-ring (bicyclic) bond motifs is 1. The largest absolute Gasteiger partial charge is 0.342 e. The summed E-state index contributed by atoms with van der Waals surface area (Å²) < 4.78 is 0. The van der Waals surface area contributed by atoms with Crippen molar-refractivity contribution in [1.29, 1.82) is 0 Å². The van der Waals surface area contributed by atoms with Crippen LogP contribution < -0.4 is 0 Å². The van der Waals surface area contributed by atoms with Crippen molar-refractivity contribution in [2.75, 3.05) is 20.1 Å². The molecule has 0 aromatic carbocycles. The van der Waals surface area contributed by atoms with Gasteiger partial charge in [-0.15, -0.1) is 11.3 Å². The van der Waals surface area contributed by atoms with Crippen LogP contribution in [0.15, 0.2) is 0 Å². The van der Waals surface area contributed by atoms with Crippen LogP contribution in [0.1, 0.15) is 53.7 Å². The van der Waals surface area contributed by atoms with E-state index in [0.29, 0.717) is 18.9 Å². The van der Waals surface area contributed by atoms with Crippen LogP contribution in [-0.4, -0.2) is 46.7 Å². The molecule has 3 aliphatic rings. The molecule has 2 atom stereocenters. The van der Waals surface area contributed by atoms with E-state index in [1.54, 1.807) is 11.3 Å². The molecule has 5 nitrogen and oxygen atoms in total. The molecule has 2 fully saturated rings. The van der Waals surface area contributed by atoms with Crippen molar-refractivity contribution < 1.29 is 9.59 Å². The van der Waals surface area contributed by atoms with Gasteiger partial charge in [0.15, 0.2) is 0 Å².